The van der Waals surface area contributed by atoms with E-state index in [1.165, 1.54) is 16.5 Å². The Kier molecular flexibility index (Phi) is 8.69. The molecule has 4 rings (SSSR count). The number of para-hydroxylation sites is 1. The molecule has 0 fully saturated rings. The van der Waals surface area contributed by atoms with Crippen LogP contribution in [0.1, 0.15) is 57.8 Å². The topological polar surface area (TPSA) is 169 Å². The van der Waals surface area contributed by atoms with E-state index in [-0.39, 0.29) is 42.3 Å². The molecule has 216 valence electrons. The zero-order valence-corrected chi connectivity index (χ0v) is 23.3. The molecule has 41 heavy (non-hydrogen) atoms. The number of hydrogen-bond donors (Lipinski definition) is 3. The van der Waals surface area contributed by atoms with Crippen molar-refractivity contribution in [1.29, 1.82) is 0 Å². The number of aliphatic carboxylic acids is 1. The van der Waals surface area contributed by atoms with Gasteiger partial charge in [0.15, 0.2) is 0 Å². The molecule has 0 aliphatic carbocycles. The Morgan fingerprint density at radius 3 is 2.10 bits per heavy atom. The summed E-state index contributed by atoms with van der Waals surface area (Å²) in [7, 11) is 1.47. The summed E-state index contributed by atoms with van der Waals surface area (Å²) < 4.78 is 1.48. The number of nitrogens with zero attached hydrogens (tertiary/aromatic N) is 3. The molecule has 1 aliphatic heterocycles. The summed E-state index contributed by atoms with van der Waals surface area (Å²) in [6.07, 6.45) is 2.04. The highest BCUT2D eigenvalue weighted by Crippen LogP contribution is 2.26. The van der Waals surface area contributed by atoms with Crippen molar-refractivity contribution >= 4 is 40.5 Å². The minimum Gasteiger partial charge on any atom is -0.480 e. The van der Waals surface area contributed by atoms with Gasteiger partial charge in [0.25, 0.3) is 11.8 Å². The van der Waals surface area contributed by atoms with E-state index in [1.54, 1.807) is 48.7 Å². The number of likely N-dealkylation sites (N-methyl/N-ethyl adjacent to an activating group) is 1. The predicted molar refractivity (Wildman–Crippen MR) is 152 cm³/mol. The second kappa shape index (κ2) is 12.0. The van der Waals surface area contributed by atoms with Crippen LogP contribution in [0.2, 0.25) is 0 Å². The maximum atomic E-state index is 13.2. The Labute approximate surface area is 237 Å². The number of hydrogen-bond acceptors (Lipinski definition) is 7. The SMILES string of the molecule is CC(C)C[C@H](N)C(=O)n1cc(C[C@@H](C(N)=O)N(C)[C@H](CCN2C(=O)c3ccccc3C2=O)C(=O)O)c2ccccc21. The van der Waals surface area contributed by atoms with E-state index < -0.39 is 41.8 Å². The number of carbonyl (C=O) groups excluding carboxylic acids is 4. The lowest BCUT2D eigenvalue weighted by Gasteiger charge is -2.31. The van der Waals surface area contributed by atoms with E-state index in [2.05, 4.69) is 0 Å². The molecule has 0 spiro atoms. The van der Waals surface area contributed by atoms with Crippen molar-refractivity contribution in [2.75, 3.05) is 13.6 Å². The van der Waals surface area contributed by atoms with E-state index in [0.29, 0.717) is 17.5 Å². The molecule has 5 N–H and O–H groups in total. The fraction of sp³-hybridized carbons (Fsp3) is 0.367. The van der Waals surface area contributed by atoms with Crippen molar-refractivity contribution in [2.24, 2.45) is 17.4 Å². The summed E-state index contributed by atoms with van der Waals surface area (Å²) in [5.74, 6) is -3.02. The van der Waals surface area contributed by atoms with E-state index in [0.717, 1.165) is 10.3 Å². The van der Waals surface area contributed by atoms with E-state index in [4.69, 9.17) is 11.5 Å². The Bertz CT molecular complexity index is 1480. The van der Waals surface area contributed by atoms with Gasteiger partial charge >= 0.3 is 5.97 Å². The molecule has 0 bridgehead atoms. The normalized spacial score (nSPS) is 15.4. The first kappa shape index (κ1) is 29.6. The number of benzene rings is 2. The summed E-state index contributed by atoms with van der Waals surface area (Å²) in [6, 6.07) is 10.6. The number of imide groups is 1. The number of rotatable bonds is 12. The van der Waals surface area contributed by atoms with E-state index in [1.807, 2.05) is 19.9 Å². The van der Waals surface area contributed by atoms with Crippen molar-refractivity contribution in [3.8, 4) is 0 Å². The third-order valence-corrected chi connectivity index (χ3v) is 7.59. The molecule has 11 heteroatoms. The van der Waals surface area contributed by atoms with Crippen molar-refractivity contribution in [3.63, 3.8) is 0 Å². The third-order valence-electron chi connectivity index (χ3n) is 7.59. The first-order chi connectivity index (χ1) is 19.4. The standard InChI is InChI=1S/C30H35N5O6/c1-17(2)14-22(31)29(39)35-16-18(19-8-6-7-11-23(19)35)15-25(26(32)36)33(3)24(30(40)41)12-13-34-27(37)20-9-4-5-10-21(20)28(34)38/h4-11,16-17,22,24-25H,12-15,31H2,1-3H3,(H2,32,36)(H,40,41)/t22-,24+,25-/m0/s1. The summed E-state index contributed by atoms with van der Waals surface area (Å²) in [5.41, 5.74) is 13.7. The van der Waals surface area contributed by atoms with Crippen molar-refractivity contribution in [1.82, 2.24) is 14.4 Å². The Hall–Kier alpha value is -4.35. The predicted octanol–water partition coefficient (Wildman–Crippen LogP) is 2.12. The van der Waals surface area contributed by atoms with Crippen LogP contribution in [0, 0.1) is 5.92 Å². The summed E-state index contributed by atoms with van der Waals surface area (Å²) in [5, 5.41) is 10.8. The largest absolute Gasteiger partial charge is 0.480 e. The Balaban J connectivity index is 1.57. The highest BCUT2D eigenvalue weighted by atomic mass is 16.4. The summed E-state index contributed by atoms with van der Waals surface area (Å²) in [4.78, 5) is 66.1. The highest BCUT2D eigenvalue weighted by Gasteiger charge is 2.38. The van der Waals surface area contributed by atoms with Crippen LogP contribution < -0.4 is 11.5 Å². The Morgan fingerprint density at radius 2 is 1.54 bits per heavy atom. The zero-order valence-electron chi connectivity index (χ0n) is 23.3. The first-order valence-electron chi connectivity index (χ1n) is 13.5. The lowest BCUT2D eigenvalue weighted by molar-refractivity contribution is -0.145. The number of primary amides is 1. The van der Waals surface area contributed by atoms with Crippen molar-refractivity contribution in [3.05, 3.63) is 71.4 Å². The molecule has 0 saturated carbocycles. The highest BCUT2D eigenvalue weighted by molar-refractivity contribution is 6.21. The van der Waals surface area contributed by atoms with Crippen LogP contribution in [0.3, 0.4) is 0 Å². The zero-order chi connectivity index (χ0) is 30.0. The maximum Gasteiger partial charge on any atom is 0.320 e. The number of aromatic nitrogens is 1. The van der Waals surface area contributed by atoms with E-state index in [9.17, 15) is 29.1 Å². The minimum atomic E-state index is -1.23. The lowest BCUT2D eigenvalue weighted by Crippen LogP contribution is -2.52. The van der Waals surface area contributed by atoms with Gasteiger partial charge in [0.1, 0.15) is 6.04 Å². The van der Waals surface area contributed by atoms with Gasteiger partial charge in [0.05, 0.1) is 28.7 Å². The number of carboxylic acids is 1. The smallest absolute Gasteiger partial charge is 0.320 e. The van der Waals surface area contributed by atoms with Crippen LogP contribution in [0.15, 0.2) is 54.7 Å². The van der Waals surface area contributed by atoms with Crippen molar-refractivity contribution < 1.29 is 29.1 Å². The first-order valence-corrected chi connectivity index (χ1v) is 13.5. The number of nitrogens with two attached hydrogens (primary N) is 2. The average molecular weight is 562 g/mol. The molecular formula is C30H35N5O6. The molecule has 11 nitrogen and oxygen atoms in total. The van der Waals surface area contributed by atoms with Crippen LogP contribution in [-0.2, 0) is 16.0 Å². The third kappa shape index (κ3) is 5.91. The van der Waals surface area contributed by atoms with Gasteiger partial charge in [-0.25, -0.2) is 0 Å². The number of amides is 3. The lowest BCUT2D eigenvalue weighted by atomic mass is 10.0. The quantitative estimate of drug-likeness (QED) is 0.283. The second-order valence-corrected chi connectivity index (χ2v) is 10.9. The summed E-state index contributed by atoms with van der Waals surface area (Å²) in [6.45, 7) is 3.81. The number of carboxylic acid groups (broad SMARTS) is 1. The monoisotopic (exact) mass is 561 g/mol. The molecule has 2 aromatic carbocycles. The molecule has 1 aromatic heterocycles. The number of fused-ring (bicyclic) bond motifs is 2. The number of carbonyl (C=O) groups is 5. The second-order valence-electron chi connectivity index (χ2n) is 10.9. The molecular weight excluding hydrogens is 526 g/mol. The van der Waals surface area contributed by atoms with Gasteiger partial charge in [0.2, 0.25) is 11.8 Å². The average Bonchev–Trinajstić information content (AvgIpc) is 3.41. The van der Waals surface area contributed by atoms with Gasteiger partial charge in [-0.05, 0) is 56.0 Å². The van der Waals surface area contributed by atoms with Crippen molar-refractivity contribution in [2.45, 2.75) is 51.2 Å². The molecule has 2 heterocycles. The van der Waals surface area contributed by atoms with Gasteiger partial charge in [-0.2, -0.15) is 0 Å². The van der Waals surface area contributed by atoms with Crippen LogP contribution in [0.5, 0.6) is 0 Å². The van der Waals surface area contributed by atoms with Crippen LogP contribution in [0.25, 0.3) is 10.9 Å². The molecule has 1 aliphatic rings. The van der Waals surface area contributed by atoms with Crippen LogP contribution in [-0.4, -0.2) is 80.8 Å². The maximum absolute atomic E-state index is 13.2. The molecule has 0 saturated heterocycles. The molecule has 0 radical (unpaired) electrons. The van der Waals surface area contributed by atoms with Crippen LogP contribution in [0.4, 0.5) is 0 Å². The molecule has 0 unspecified atom stereocenters. The fourth-order valence-electron chi connectivity index (χ4n) is 5.45. The molecule has 3 aromatic rings. The minimum absolute atomic E-state index is 0.0306. The van der Waals surface area contributed by atoms with Gasteiger partial charge in [-0.15, -0.1) is 0 Å². The van der Waals surface area contributed by atoms with E-state index >= 15 is 0 Å². The van der Waals surface area contributed by atoms with Crippen LogP contribution >= 0.6 is 0 Å². The molecule has 3 amide bonds. The van der Waals surface area contributed by atoms with Gasteiger partial charge in [-0.3, -0.25) is 38.3 Å². The van der Waals surface area contributed by atoms with Gasteiger partial charge in [0, 0.05) is 18.1 Å². The molecule has 3 atom stereocenters. The van der Waals surface area contributed by atoms with Gasteiger partial charge in [-0.1, -0.05) is 44.2 Å². The Morgan fingerprint density at radius 1 is 0.951 bits per heavy atom. The fourth-order valence-corrected chi connectivity index (χ4v) is 5.45. The summed E-state index contributed by atoms with van der Waals surface area (Å²) >= 11 is 0. The van der Waals surface area contributed by atoms with Gasteiger partial charge < -0.3 is 16.6 Å².